The van der Waals surface area contributed by atoms with Crippen LogP contribution in [0.25, 0.3) is 10.8 Å². The van der Waals surface area contributed by atoms with Crippen LogP contribution in [0.1, 0.15) is 17.4 Å². The van der Waals surface area contributed by atoms with Crippen LogP contribution in [0, 0.1) is 0 Å². The van der Waals surface area contributed by atoms with Crippen molar-refractivity contribution in [2.75, 3.05) is 5.32 Å². The van der Waals surface area contributed by atoms with Gasteiger partial charge in [-0.3, -0.25) is 4.79 Å². The molecule has 0 aliphatic rings. The van der Waals surface area contributed by atoms with Crippen molar-refractivity contribution in [3.63, 3.8) is 0 Å². The Hall–Kier alpha value is -2.20. The second kappa shape index (κ2) is 4.82. The smallest absolute Gasteiger partial charge is 0.187 e. The summed E-state index contributed by atoms with van der Waals surface area (Å²) in [6, 6.07) is 14.3. The Balaban J connectivity index is 1.98. The molecule has 0 fully saturated rings. The summed E-state index contributed by atoms with van der Waals surface area (Å²) < 4.78 is 0. The Morgan fingerprint density at radius 3 is 2.74 bits per heavy atom. The molecule has 0 aliphatic heterocycles. The Kier molecular flexibility index (Phi) is 3.01. The summed E-state index contributed by atoms with van der Waals surface area (Å²) in [5.41, 5.74) is 1.51. The predicted molar refractivity (Wildman–Crippen MR) is 79.3 cm³/mol. The van der Waals surface area contributed by atoms with Crippen molar-refractivity contribution in [1.29, 1.82) is 0 Å². The van der Waals surface area contributed by atoms with E-state index >= 15 is 0 Å². The minimum Gasteiger partial charge on any atom is -0.331 e. The van der Waals surface area contributed by atoms with Crippen LogP contribution < -0.4 is 5.32 Å². The van der Waals surface area contributed by atoms with Crippen LogP contribution >= 0.6 is 11.3 Å². The fraction of sp³-hybridized carbons (Fsp3) is 0.0667. The zero-order valence-electron chi connectivity index (χ0n) is 10.4. The minimum absolute atomic E-state index is 0.0118. The molecule has 0 radical (unpaired) electrons. The van der Waals surface area contributed by atoms with Crippen molar-refractivity contribution in [2.24, 2.45) is 0 Å². The number of hydrogen-bond donors (Lipinski definition) is 1. The standard InChI is InChI=1S/C15H12N2OS/c1-10(18)14-9-19-15(17-14)16-13-8-4-6-11-5-2-3-7-12(11)13/h2-9H,1H3,(H,16,17). The molecule has 3 rings (SSSR count). The molecule has 1 aromatic heterocycles. The lowest BCUT2D eigenvalue weighted by Gasteiger charge is -2.06. The first-order valence-corrected chi connectivity index (χ1v) is 6.83. The van der Waals surface area contributed by atoms with E-state index < -0.39 is 0 Å². The first-order valence-electron chi connectivity index (χ1n) is 5.95. The summed E-state index contributed by atoms with van der Waals surface area (Å²) >= 11 is 1.44. The summed E-state index contributed by atoms with van der Waals surface area (Å²) in [7, 11) is 0. The van der Waals surface area contributed by atoms with Gasteiger partial charge in [0.05, 0.1) is 0 Å². The molecule has 19 heavy (non-hydrogen) atoms. The number of aromatic nitrogens is 1. The van der Waals surface area contributed by atoms with E-state index in [1.165, 1.54) is 23.6 Å². The molecule has 1 N–H and O–H groups in total. The van der Waals surface area contributed by atoms with E-state index in [0.717, 1.165) is 16.2 Å². The number of nitrogens with zero attached hydrogens (tertiary/aromatic N) is 1. The van der Waals surface area contributed by atoms with E-state index in [9.17, 15) is 4.79 Å². The van der Waals surface area contributed by atoms with Gasteiger partial charge in [0.1, 0.15) is 5.69 Å². The molecule has 1 heterocycles. The van der Waals surface area contributed by atoms with E-state index in [0.29, 0.717) is 5.69 Å². The average Bonchev–Trinajstić information content (AvgIpc) is 2.88. The Labute approximate surface area is 114 Å². The summed E-state index contributed by atoms with van der Waals surface area (Å²) in [6.45, 7) is 1.52. The van der Waals surface area contributed by atoms with E-state index in [-0.39, 0.29) is 5.78 Å². The number of Topliss-reactive ketones (excluding diaryl/α,β-unsaturated/α-hetero) is 1. The van der Waals surface area contributed by atoms with Crippen LogP contribution in [0.3, 0.4) is 0 Å². The van der Waals surface area contributed by atoms with Crippen LogP contribution in [0.4, 0.5) is 10.8 Å². The molecule has 3 aromatic rings. The number of thiazole rings is 1. The Bertz CT molecular complexity index is 743. The molecular formula is C15H12N2OS. The number of anilines is 2. The summed E-state index contributed by atoms with van der Waals surface area (Å²) in [4.78, 5) is 15.5. The zero-order valence-corrected chi connectivity index (χ0v) is 11.2. The lowest BCUT2D eigenvalue weighted by Crippen LogP contribution is -1.94. The van der Waals surface area contributed by atoms with Gasteiger partial charge in [0.25, 0.3) is 0 Å². The maximum atomic E-state index is 11.2. The first-order chi connectivity index (χ1) is 9.24. The van der Waals surface area contributed by atoms with Crippen molar-refractivity contribution in [1.82, 2.24) is 4.98 Å². The summed E-state index contributed by atoms with van der Waals surface area (Å²) in [6.07, 6.45) is 0. The fourth-order valence-corrected chi connectivity index (χ4v) is 2.70. The van der Waals surface area contributed by atoms with E-state index in [2.05, 4.69) is 28.5 Å². The number of nitrogens with one attached hydrogen (secondary N) is 1. The number of carbonyl (C=O) groups excluding carboxylic acids is 1. The van der Waals surface area contributed by atoms with Gasteiger partial charge >= 0.3 is 0 Å². The largest absolute Gasteiger partial charge is 0.331 e. The molecule has 3 nitrogen and oxygen atoms in total. The molecule has 0 spiro atoms. The highest BCUT2D eigenvalue weighted by Crippen LogP contribution is 2.27. The molecule has 2 aromatic carbocycles. The Morgan fingerprint density at radius 2 is 1.95 bits per heavy atom. The van der Waals surface area contributed by atoms with Crippen LogP contribution in [-0.2, 0) is 0 Å². The average molecular weight is 268 g/mol. The third-order valence-electron chi connectivity index (χ3n) is 2.90. The molecule has 0 saturated heterocycles. The van der Waals surface area contributed by atoms with Gasteiger partial charge < -0.3 is 5.32 Å². The molecule has 0 saturated carbocycles. The highest BCUT2D eigenvalue weighted by molar-refractivity contribution is 7.14. The second-order valence-corrected chi connectivity index (χ2v) is 5.10. The van der Waals surface area contributed by atoms with E-state index in [4.69, 9.17) is 0 Å². The van der Waals surface area contributed by atoms with Gasteiger partial charge in [-0.1, -0.05) is 36.4 Å². The topological polar surface area (TPSA) is 42.0 Å². The lowest BCUT2D eigenvalue weighted by molar-refractivity contribution is 0.101. The van der Waals surface area contributed by atoms with Gasteiger partial charge in [-0.2, -0.15) is 0 Å². The minimum atomic E-state index is -0.0118. The molecule has 0 atom stereocenters. The van der Waals surface area contributed by atoms with Crippen LogP contribution in [-0.4, -0.2) is 10.8 Å². The molecule has 0 amide bonds. The van der Waals surface area contributed by atoms with E-state index in [1.807, 2.05) is 24.3 Å². The number of benzene rings is 2. The Morgan fingerprint density at radius 1 is 1.16 bits per heavy atom. The number of carbonyl (C=O) groups is 1. The quantitative estimate of drug-likeness (QED) is 0.722. The fourth-order valence-electron chi connectivity index (χ4n) is 1.94. The summed E-state index contributed by atoms with van der Waals surface area (Å²) in [5.74, 6) is -0.0118. The number of hydrogen-bond acceptors (Lipinski definition) is 4. The van der Waals surface area contributed by atoms with Crippen molar-refractivity contribution in [3.8, 4) is 0 Å². The van der Waals surface area contributed by atoms with Crippen LogP contribution in [0.15, 0.2) is 47.8 Å². The summed E-state index contributed by atoms with van der Waals surface area (Å²) in [5, 5.41) is 8.11. The number of rotatable bonds is 3. The van der Waals surface area contributed by atoms with Crippen molar-refractivity contribution >= 4 is 38.7 Å². The molecular weight excluding hydrogens is 256 g/mol. The second-order valence-electron chi connectivity index (χ2n) is 4.25. The highest BCUT2D eigenvalue weighted by Gasteiger charge is 2.07. The van der Waals surface area contributed by atoms with Gasteiger partial charge in [-0.15, -0.1) is 11.3 Å². The predicted octanol–water partition coefficient (Wildman–Crippen LogP) is 4.24. The third kappa shape index (κ3) is 2.35. The normalized spacial score (nSPS) is 10.6. The lowest BCUT2D eigenvalue weighted by atomic mass is 10.1. The third-order valence-corrected chi connectivity index (χ3v) is 3.65. The van der Waals surface area contributed by atoms with Crippen molar-refractivity contribution in [3.05, 3.63) is 53.5 Å². The highest BCUT2D eigenvalue weighted by atomic mass is 32.1. The van der Waals surface area contributed by atoms with Crippen molar-refractivity contribution in [2.45, 2.75) is 6.92 Å². The maximum absolute atomic E-state index is 11.2. The van der Waals surface area contributed by atoms with Gasteiger partial charge in [-0.25, -0.2) is 4.98 Å². The zero-order chi connectivity index (χ0) is 13.2. The van der Waals surface area contributed by atoms with Crippen molar-refractivity contribution < 1.29 is 4.79 Å². The van der Waals surface area contributed by atoms with Crippen LogP contribution in [0.5, 0.6) is 0 Å². The van der Waals surface area contributed by atoms with Gasteiger partial charge in [0.2, 0.25) is 0 Å². The molecule has 0 unspecified atom stereocenters. The molecule has 0 aliphatic carbocycles. The number of ketones is 1. The maximum Gasteiger partial charge on any atom is 0.187 e. The molecule has 4 heteroatoms. The molecule has 0 bridgehead atoms. The van der Waals surface area contributed by atoms with Gasteiger partial charge in [0.15, 0.2) is 10.9 Å². The van der Waals surface area contributed by atoms with E-state index in [1.54, 1.807) is 5.38 Å². The SMILES string of the molecule is CC(=O)c1csc(Nc2cccc3ccccc23)n1. The van der Waals surface area contributed by atoms with Crippen LogP contribution in [0.2, 0.25) is 0 Å². The number of fused-ring (bicyclic) bond motifs is 1. The van der Waals surface area contributed by atoms with Gasteiger partial charge in [0, 0.05) is 23.4 Å². The van der Waals surface area contributed by atoms with Gasteiger partial charge in [-0.05, 0) is 11.5 Å². The molecule has 94 valence electrons. The monoisotopic (exact) mass is 268 g/mol. The first kappa shape index (κ1) is 11.9.